The lowest BCUT2D eigenvalue weighted by Crippen LogP contribution is -2.59. The van der Waals surface area contributed by atoms with Crippen molar-refractivity contribution in [3.05, 3.63) is 35.4 Å². The molecule has 4 nitrogen and oxygen atoms in total. The fourth-order valence-corrected chi connectivity index (χ4v) is 2.04. The smallest absolute Gasteiger partial charge is 0.410 e. The first-order valence-electron chi connectivity index (χ1n) is 6.41. The number of likely N-dealkylation sites (tertiary alicyclic amines) is 1. The molecule has 0 aromatic heterocycles. The van der Waals surface area contributed by atoms with Crippen molar-refractivity contribution in [1.29, 1.82) is 5.26 Å². The molecule has 106 valence electrons. The van der Waals surface area contributed by atoms with Crippen LogP contribution in [0.25, 0.3) is 0 Å². The summed E-state index contributed by atoms with van der Waals surface area (Å²) in [4.78, 5) is 13.1. The van der Waals surface area contributed by atoms with Crippen LogP contribution in [0, 0.1) is 11.3 Å². The monoisotopic (exact) mass is 276 g/mol. The Hall–Kier alpha value is -2.09. The second-order valence-corrected chi connectivity index (χ2v) is 5.99. The summed E-state index contributed by atoms with van der Waals surface area (Å²) in [5.74, 6) is 0. The third-order valence-electron chi connectivity index (χ3n) is 3.07. The van der Waals surface area contributed by atoms with Crippen molar-refractivity contribution in [2.75, 3.05) is 13.1 Å². The summed E-state index contributed by atoms with van der Waals surface area (Å²) in [6, 6.07) is 8.32. The highest BCUT2D eigenvalue weighted by Gasteiger charge is 2.48. The summed E-state index contributed by atoms with van der Waals surface area (Å²) in [5.41, 5.74) is -1.16. The van der Waals surface area contributed by atoms with Crippen LogP contribution >= 0.6 is 0 Å². The number of halogens is 1. The van der Waals surface area contributed by atoms with E-state index in [-0.39, 0.29) is 13.1 Å². The van der Waals surface area contributed by atoms with Crippen LogP contribution in [0.15, 0.2) is 24.3 Å². The van der Waals surface area contributed by atoms with E-state index in [4.69, 9.17) is 10.00 Å². The lowest BCUT2D eigenvalue weighted by Gasteiger charge is -2.44. The van der Waals surface area contributed by atoms with E-state index < -0.39 is 17.4 Å². The Kier molecular flexibility index (Phi) is 3.43. The molecule has 0 bridgehead atoms. The van der Waals surface area contributed by atoms with Gasteiger partial charge in [0.05, 0.1) is 24.7 Å². The average Bonchev–Trinajstić information content (AvgIpc) is 2.33. The van der Waals surface area contributed by atoms with E-state index in [0.717, 1.165) is 0 Å². The van der Waals surface area contributed by atoms with Gasteiger partial charge in [0.25, 0.3) is 0 Å². The first-order chi connectivity index (χ1) is 9.23. The number of alkyl halides is 1. The lowest BCUT2D eigenvalue weighted by atomic mass is 9.88. The first-order valence-corrected chi connectivity index (χ1v) is 6.41. The van der Waals surface area contributed by atoms with Crippen LogP contribution in [-0.4, -0.2) is 29.7 Å². The molecular weight excluding hydrogens is 259 g/mol. The molecule has 2 rings (SSSR count). The zero-order valence-electron chi connectivity index (χ0n) is 11.8. The topological polar surface area (TPSA) is 53.3 Å². The number of carbonyl (C=O) groups excluding carboxylic acids is 1. The molecule has 5 heteroatoms. The van der Waals surface area contributed by atoms with Crippen LogP contribution in [0.2, 0.25) is 0 Å². The summed E-state index contributed by atoms with van der Waals surface area (Å²) in [6.45, 7) is 5.28. The van der Waals surface area contributed by atoms with Crippen LogP contribution in [0.1, 0.15) is 31.9 Å². The maximum atomic E-state index is 14.6. The summed E-state index contributed by atoms with van der Waals surface area (Å²) in [5, 5.41) is 8.71. The van der Waals surface area contributed by atoms with Crippen molar-refractivity contribution in [2.24, 2.45) is 0 Å². The normalized spacial score (nSPS) is 17.1. The Morgan fingerprint density at radius 3 is 2.35 bits per heavy atom. The standard InChI is InChI=1S/C15H17FN2O2/c1-14(2,3)20-13(19)18-9-15(16,10-18)12-6-4-11(8-17)5-7-12/h4-7H,9-10H2,1-3H3. The molecular formula is C15H17FN2O2. The van der Waals surface area contributed by atoms with Gasteiger partial charge in [-0.3, -0.25) is 0 Å². The van der Waals surface area contributed by atoms with Gasteiger partial charge in [0.15, 0.2) is 5.67 Å². The predicted octanol–water partition coefficient (Wildman–Crippen LogP) is 2.97. The van der Waals surface area contributed by atoms with Crippen molar-refractivity contribution in [3.63, 3.8) is 0 Å². The van der Waals surface area contributed by atoms with E-state index in [9.17, 15) is 9.18 Å². The molecule has 1 heterocycles. The minimum Gasteiger partial charge on any atom is -0.444 e. The molecule has 0 spiro atoms. The second kappa shape index (κ2) is 4.78. The van der Waals surface area contributed by atoms with Gasteiger partial charge in [-0.2, -0.15) is 5.26 Å². The fourth-order valence-electron chi connectivity index (χ4n) is 2.04. The molecule has 1 aromatic rings. The Morgan fingerprint density at radius 1 is 1.35 bits per heavy atom. The zero-order valence-corrected chi connectivity index (χ0v) is 11.8. The van der Waals surface area contributed by atoms with Crippen LogP contribution in [0.4, 0.5) is 9.18 Å². The third kappa shape index (κ3) is 2.90. The number of hydrogen-bond donors (Lipinski definition) is 0. The molecule has 0 saturated carbocycles. The number of nitrogens with zero attached hydrogens (tertiary/aromatic N) is 2. The van der Waals surface area contributed by atoms with Crippen molar-refractivity contribution >= 4 is 6.09 Å². The number of carbonyl (C=O) groups is 1. The van der Waals surface area contributed by atoms with Gasteiger partial charge in [-0.05, 0) is 38.5 Å². The van der Waals surface area contributed by atoms with E-state index in [0.29, 0.717) is 11.1 Å². The third-order valence-corrected chi connectivity index (χ3v) is 3.07. The zero-order chi connectivity index (χ0) is 15.0. The van der Waals surface area contributed by atoms with Crippen molar-refractivity contribution in [2.45, 2.75) is 32.0 Å². The van der Waals surface area contributed by atoms with Crippen LogP contribution in [-0.2, 0) is 10.4 Å². The SMILES string of the molecule is CC(C)(C)OC(=O)N1CC(F)(c2ccc(C#N)cc2)C1. The summed E-state index contributed by atoms with van der Waals surface area (Å²) in [6.07, 6.45) is -0.501. The van der Waals surface area contributed by atoms with E-state index >= 15 is 0 Å². The molecule has 20 heavy (non-hydrogen) atoms. The van der Waals surface area contributed by atoms with Crippen LogP contribution in [0.5, 0.6) is 0 Å². The molecule has 0 unspecified atom stereocenters. The quantitative estimate of drug-likeness (QED) is 0.792. The fraction of sp³-hybridized carbons (Fsp3) is 0.467. The summed E-state index contributed by atoms with van der Waals surface area (Å²) >= 11 is 0. The highest BCUT2D eigenvalue weighted by atomic mass is 19.1. The number of amides is 1. The molecule has 1 aromatic carbocycles. The predicted molar refractivity (Wildman–Crippen MR) is 71.8 cm³/mol. The Morgan fingerprint density at radius 2 is 1.90 bits per heavy atom. The van der Waals surface area contributed by atoms with Gasteiger partial charge in [-0.25, -0.2) is 9.18 Å². The number of rotatable bonds is 1. The van der Waals surface area contributed by atoms with Gasteiger partial charge in [0.1, 0.15) is 5.60 Å². The Labute approximate surface area is 117 Å². The largest absolute Gasteiger partial charge is 0.444 e. The minimum absolute atomic E-state index is 0.0200. The van der Waals surface area contributed by atoms with E-state index in [1.54, 1.807) is 45.0 Å². The van der Waals surface area contributed by atoms with Gasteiger partial charge < -0.3 is 9.64 Å². The van der Waals surface area contributed by atoms with Gasteiger partial charge in [0, 0.05) is 0 Å². The van der Waals surface area contributed by atoms with Gasteiger partial charge in [-0.15, -0.1) is 0 Å². The summed E-state index contributed by atoms with van der Waals surface area (Å²) in [7, 11) is 0. The molecule has 1 aliphatic rings. The van der Waals surface area contributed by atoms with E-state index in [1.165, 1.54) is 4.90 Å². The molecule has 0 atom stereocenters. The highest BCUT2D eigenvalue weighted by Crippen LogP contribution is 2.36. The highest BCUT2D eigenvalue weighted by molar-refractivity contribution is 5.70. The van der Waals surface area contributed by atoms with E-state index in [2.05, 4.69) is 0 Å². The molecule has 1 amide bonds. The van der Waals surface area contributed by atoms with Crippen molar-refractivity contribution in [1.82, 2.24) is 4.90 Å². The van der Waals surface area contributed by atoms with Crippen LogP contribution in [0.3, 0.4) is 0 Å². The number of hydrogen-bond acceptors (Lipinski definition) is 3. The van der Waals surface area contributed by atoms with Gasteiger partial charge in [0.2, 0.25) is 0 Å². The molecule has 1 aliphatic heterocycles. The second-order valence-electron chi connectivity index (χ2n) is 5.99. The molecule has 0 aliphatic carbocycles. The maximum absolute atomic E-state index is 14.6. The van der Waals surface area contributed by atoms with Gasteiger partial charge in [-0.1, -0.05) is 12.1 Å². The van der Waals surface area contributed by atoms with Crippen molar-refractivity contribution < 1.29 is 13.9 Å². The first kappa shape index (κ1) is 14.3. The van der Waals surface area contributed by atoms with Crippen molar-refractivity contribution in [3.8, 4) is 6.07 Å². The average molecular weight is 276 g/mol. The molecule has 0 radical (unpaired) electrons. The van der Waals surface area contributed by atoms with Crippen LogP contribution < -0.4 is 0 Å². The number of benzene rings is 1. The summed E-state index contributed by atoms with van der Waals surface area (Å²) < 4.78 is 19.8. The molecule has 1 fully saturated rings. The number of ether oxygens (including phenoxy) is 1. The van der Waals surface area contributed by atoms with Gasteiger partial charge >= 0.3 is 6.09 Å². The molecule has 0 N–H and O–H groups in total. The minimum atomic E-state index is -1.55. The number of nitriles is 1. The lowest BCUT2D eigenvalue weighted by molar-refractivity contribution is -0.0537. The Bertz CT molecular complexity index is 549. The maximum Gasteiger partial charge on any atom is 0.410 e. The Balaban J connectivity index is 2.00. The molecule has 1 saturated heterocycles. The van der Waals surface area contributed by atoms with E-state index in [1.807, 2.05) is 6.07 Å².